The monoisotopic (exact) mass is 393 g/mol. The third-order valence-electron chi connectivity index (χ3n) is 3.42. The number of anilines is 1. The predicted octanol–water partition coefficient (Wildman–Crippen LogP) is 3.72. The molecule has 0 spiro atoms. The quantitative estimate of drug-likeness (QED) is 0.457. The molecule has 1 atom stereocenters. The molecule has 0 bridgehead atoms. The van der Waals surface area contributed by atoms with Crippen LogP contribution < -0.4 is 5.32 Å². The van der Waals surface area contributed by atoms with Crippen molar-refractivity contribution < 1.29 is 14.3 Å². The van der Waals surface area contributed by atoms with Crippen molar-refractivity contribution in [2.75, 3.05) is 11.1 Å². The number of aryl methyl sites for hydroxylation is 3. The number of rotatable bonds is 6. The lowest BCUT2D eigenvalue weighted by Crippen LogP contribution is -2.30. The molecule has 2 rings (SSSR count). The van der Waals surface area contributed by atoms with Gasteiger partial charge < -0.3 is 10.1 Å². The molecule has 0 unspecified atom stereocenters. The van der Waals surface area contributed by atoms with Gasteiger partial charge in [-0.1, -0.05) is 29.4 Å². The number of aromatic nitrogens is 2. The fourth-order valence-electron chi connectivity index (χ4n) is 2.13. The van der Waals surface area contributed by atoms with Crippen molar-refractivity contribution in [1.29, 1.82) is 0 Å². The molecule has 0 saturated carbocycles. The zero-order valence-electron chi connectivity index (χ0n) is 15.0. The topological polar surface area (TPSA) is 81.2 Å². The van der Waals surface area contributed by atoms with Gasteiger partial charge in [0.15, 0.2) is 11.3 Å². The van der Waals surface area contributed by atoms with Crippen molar-refractivity contribution in [2.24, 2.45) is 0 Å². The van der Waals surface area contributed by atoms with Crippen molar-refractivity contribution in [1.82, 2.24) is 9.97 Å². The Morgan fingerprint density at radius 1 is 1.19 bits per heavy atom. The molecule has 0 radical (unpaired) electrons. The minimum atomic E-state index is -0.929. The number of carbonyl (C=O) groups is 2. The van der Waals surface area contributed by atoms with Gasteiger partial charge in [0, 0.05) is 22.1 Å². The Labute approximate surface area is 161 Å². The molecule has 6 nitrogen and oxygen atoms in total. The SMILES string of the molecule is Cc1cc(C)nc(SCC(=O)O[C@H](C)C(=O)Nc2cc(Cl)ccc2C)n1. The molecular weight excluding hydrogens is 374 g/mol. The highest BCUT2D eigenvalue weighted by Gasteiger charge is 2.19. The summed E-state index contributed by atoms with van der Waals surface area (Å²) in [5.41, 5.74) is 3.11. The second-order valence-electron chi connectivity index (χ2n) is 5.80. The van der Waals surface area contributed by atoms with E-state index in [0.29, 0.717) is 15.9 Å². The third kappa shape index (κ3) is 6.00. The van der Waals surface area contributed by atoms with Crippen LogP contribution in [0.4, 0.5) is 5.69 Å². The predicted molar refractivity (Wildman–Crippen MR) is 103 cm³/mol. The van der Waals surface area contributed by atoms with Gasteiger partial charge in [0.2, 0.25) is 0 Å². The van der Waals surface area contributed by atoms with E-state index in [1.54, 1.807) is 18.2 Å². The molecular formula is C18H20ClN3O3S. The molecule has 1 aromatic heterocycles. The van der Waals surface area contributed by atoms with Gasteiger partial charge in [-0.05, 0) is 51.5 Å². The third-order valence-corrected chi connectivity index (χ3v) is 4.47. The standard InChI is InChI=1S/C18H20ClN3O3S/c1-10-5-6-14(19)8-15(10)22-17(24)13(4)25-16(23)9-26-18-20-11(2)7-12(3)21-18/h5-8,13H,9H2,1-4H3,(H,22,24)/t13-/m1/s1. The van der Waals surface area contributed by atoms with Gasteiger partial charge in [0.1, 0.15) is 0 Å². The second kappa shape index (κ2) is 9.00. The van der Waals surface area contributed by atoms with E-state index in [4.69, 9.17) is 16.3 Å². The van der Waals surface area contributed by atoms with Crippen molar-refractivity contribution in [3.05, 3.63) is 46.2 Å². The largest absolute Gasteiger partial charge is 0.452 e. The van der Waals surface area contributed by atoms with Gasteiger partial charge in [-0.15, -0.1) is 0 Å². The minimum absolute atomic E-state index is 0.0245. The van der Waals surface area contributed by atoms with E-state index in [9.17, 15) is 9.59 Å². The number of nitrogens with zero attached hydrogens (tertiary/aromatic N) is 2. The minimum Gasteiger partial charge on any atom is -0.452 e. The highest BCUT2D eigenvalue weighted by Crippen LogP contribution is 2.20. The van der Waals surface area contributed by atoms with Crippen LogP contribution in [0.15, 0.2) is 29.4 Å². The van der Waals surface area contributed by atoms with Gasteiger partial charge >= 0.3 is 5.97 Å². The van der Waals surface area contributed by atoms with E-state index in [1.165, 1.54) is 18.7 Å². The smallest absolute Gasteiger partial charge is 0.317 e. The Morgan fingerprint density at radius 3 is 2.50 bits per heavy atom. The van der Waals surface area contributed by atoms with Gasteiger partial charge in [-0.3, -0.25) is 9.59 Å². The van der Waals surface area contributed by atoms with Crippen LogP contribution in [0.3, 0.4) is 0 Å². The summed E-state index contributed by atoms with van der Waals surface area (Å²) in [6.07, 6.45) is -0.929. The van der Waals surface area contributed by atoms with Crippen molar-refractivity contribution in [2.45, 2.75) is 39.0 Å². The molecule has 1 amide bonds. The number of carbonyl (C=O) groups excluding carboxylic acids is 2. The van der Waals surface area contributed by atoms with E-state index < -0.39 is 18.0 Å². The van der Waals surface area contributed by atoms with Gasteiger partial charge in [0.05, 0.1) is 5.75 Å². The average molecular weight is 394 g/mol. The molecule has 138 valence electrons. The molecule has 0 fully saturated rings. The number of hydrogen-bond acceptors (Lipinski definition) is 6. The van der Waals surface area contributed by atoms with Crippen molar-refractivity contribution in [3.63, 3.8) is 0 Å². The summed E-state index contributed by atoms with van der Waals surface area (Å²) < 4.78 is 5.18. The molecule has 8 heteroatoms. The lowest BCUT2D eigenvalue weighted by Gasteiger charge is -2.14. The zero-order chi connectivity index (χ0) is 19.3. The Kier molecular flexibility index (Phi) is 6.99. The van der Waals surface area contributed by atoms with Crippen LogP contribution in [0.5, 0.6) is 0 Å². The van der Waals surface area contributed by atoms with E-state index in [0.717, 1.165) is 17.0 Å². The molecule has 26 heavy (non-hydrogen) atoms. The number of benzene rings is 1. The number of hydrogen-bond donors (Lipinski definition) is 1. The van der Waals surface area contributed by atoms with Crippen LogP contribution in [0, 0.1) is 20.8 Å². The Hall–Kier alpha value is -2.12. The molecule has 0 saturated heterocycles. The van der Waals surface area contributed by atoms with E-state index in [1.807, 2.05) is 26.8 Å². The molecule has 1 heterocycles. The first-order valence-corrected chi connectivity index (χ1v) is 9.32. The number of ether oxygens (including phenoxy) is 1. The summed E-state index contributed by atoms with van der Waals surface area (Å²) in [5.74, 6) is -0.906. The van der Waals surface area contributed by atoms with Crippen LogP contribution in [0.1, 0.15) is 23.9 Å². The molecule has 1 aromatic carbocycles. The maximum atomic E-state index is 12.2. The van der Waals surface area contributed by atoms with Crippen molar-refractivity contribution >= 4 is 40.9 Å². The van der Waals surface area contributed by atoms with E-state index >= 15 is 0 Å². The lowest BCUT2D eigenvalue weighted by atomic mass is 10.2. The molecule has 0 aliphatic rings. The summed E-state index contributed by atoms with van der Waals surface area (Å²) in [6.45, 7) is 7.09. The highest BCUT2D eigenvalue weighted by molar-refractivity contribution is 7.99. The summed E-state index contributed by atoms with van der Waals surface area (Å²) in [4.78, 5) is 32.7. The number of nitrogens with one attached hydrogen (secondary N) is 1. The highest BCUT2D eigenvalue weighted by atomic mass is 35.5. The van der Waals surface area contributed by atoms with Gasteiger partial charge in [-0.2, -0.15) is 0 Å². The maximum Gasteiger partial charge on any atom is 0.317 e. The Bertz CT molecular complexity index is 809. The fourth-order valence-corrected chi connectivity index (χ4v) is 3.03. The molecule has 2 aromatic rings. The first-order valence-electron chi connectivity index (χ1n) is 7.96. The van der Waals surface area contributed by atoms with Crippen LogP contribution in [0.25, 0.3) is 0 Å². The van der Waals surface area contributed by atoms with Gasteiger partial charge in [-0.25, -0.2) is 9.97 Å². The number of amides is 1. The second-order valence-corrected chi connectivity index (χ2v) is 7.18. The van der Waals surface area contributed by atoms with Crippen LogP contribution >= 0.6 is 23.4 Å². The normalized spacial score (nSPS) is 11.7. The number of esters is 1. The Morgan fingerprint density at radius 2 is 1.85 bits per heavy atom. The summed E-state index contributed by atoms with van der Waals surface area (Å²) >= 11 is 7.11. The fraction of sp³-hybridized carbons (Fsp3) is 0.333. The van der Waals surface area contributed by atoms with Gasteiger partial charge in [0.25, 0.3) is 5.91 Å². The average Bonchev–Trinajstić information content (AvgIpc) is 2.55. The summed E-state index contributed by atoms with van der Waals surface area (Å²) in [7, 11) is 0. The maximum absolute atomic E-state index is 12.2. The van der Waals surface area contributed by atoms with Crippen molar-refractivity contribution in [3.8, 4) is 0 Å². The number of thioether (sulfide) groups is 1. The van der Waals surface area contributed by atoms with E-state index in [-0.39, 0.29) is 5.75 Å². The lowest BCUT2D eigenvalue weighted by molar-refractivity contribution is -0.150. The zero-order valence-corrected chi connectivity index (χ0v) is 16.6. The summed E-state index contributed by atoms with van der Waals surface area (Å²) in [6, 6.07) is 7.04. The number of halogens is 1. The first-order chi connectivity index (χ1) is 12.2. The molecule has 1 N–H and O–H groups in total. The molecule has 0 aliphatic carbocycles. The van der Waals surface area contributed by atoms with Crippen LogP contribution in [-0.4, -0.2) is 33.7 Å². The van der Waals surface area contributed by atoms with E-state index in [2.05, 4.69) is 15.3 Å². The Balaban J connectivity index is 1.87. The first kappa shape index (κ1) is 20.2. The van der Waals surface area contributed by atoms with Crippen LogP contribution in [0.2, 0.25) is 5.02 Å². The van der Waals surface area contributed by atoms with Crippen LogP contribution in [-0.2, 0) is 14.3 Å². The molecule has 0 aliphatic heterocycles. The summed E-state index contributed by atoms with van der Waals surface area (Å²) in [5, 5.41) is 3.73.